The van der Waals surface area contributed by atoms with Crippen LogP contribution in [0, 0.1) is 0 Å². The molecule has 2 rings (SSSR count). The van der Waals surface area contributed by atoms with Crippen LogP contribution in [0.4, 0.5) is 11.4 Å². The second kappa shape index (κ2) is 6.19. The Morgan fingerprint density at radius 3 is 3.05 bits per heavy atom. The smallest absolute Gasteiger partial charge is 0.340 e. The van der Waals surface area contributed by atoms with E-state index in [0.29, 0.717) is 23.9 Å². The fraction of sp³-hybridized carbons (Fsp3) is 0.500. The van der Waals surface area contributed by atoms with E-state index < -0.39 is 0 Å². The molecule has 1 fully saturated rings. The first-order valence-electron chi connectivity index (χ1n) is 6.55. The van der Waals surface area contributed by atoms with Gasteiger partial charge in [-0.2, -0.15) is 11.8 Å². The topological polar surface area (TPSA) is 55.6 Å². The lowest BCUT2D eigenvalue weighted by Gasteiger charge is -2.36. The van der Waals surface area contributed by atoms with E-state index in [9.17, 15) is 4.79 Å². The van der Waals surface area contributed by atoms with Crippen molar-refractivity contribution >= 4 is 29.1 Å². The number of rotatable bonds is 3. The molecule has 0 spiro atoms. The third kappa shape index (κ3) is 2.97. The molecule has 1 atom stereocenters. The first kappa shape index (κ1) is 14.1. The monoisotopic (exact) mass is 280 g/mol. The average Bonchev–Trinajstić information content (AvgIpc) is 2.40. The summed E-state index contributed by atoms with van der Waals surface area (Å²) in [4.78, 5) is 14.3. The first-order valence-corrected chi connectivity index (χ1v) is 7.70. The number of esters is 1. The Bertz CT molecular complexity index is 465. The number of hydrogen-bond donors (Lipinski definition) is 1. The molecule has 4 nitrogen and oxygen atoms in total. The number of thioether (sulfide) groups is 1. The average molecular weight is 280 g/mol. The molecule has 1 aromatic rings. The zero-order valence-corrected chi connectivity index (χ0v) is 12.2. The molecule has 2 N–H and O–H groups in total. The summed E-state index contributed by atoms with van der Waals surface area (Å²) in [5.41, 5.74) is 8.13. The molecular formula is C14H20N2O2S. The fourth-order valence-electron chi connectivity index (χ4n) is 2.31. The van der Waals surface area contributed by atoms with Crippen molar-refractivity contribution < 1.29 is 9.53 Å². The van der Waals surface area contributed by atoms with Crippen molar-refractivity contribution in [2.75, 3.05) is 35.3 Å². The van der Waals surface area contributed by atoms with Gasteiger partial charge in [-0.1, -0.05) is 6.07 Å². The molecule has 0 aromatic heterocycles. The van der Waals surface area contributed by atoms with Crippen molar-refractivity contribution in [3.05, 3.63) is 23.8 Å². The van der Waals surface area contributed by atoms with Gasteiger partial charge in [0, 0.05) is 24.1 Å². The van der Waals surface area contributed by atoms with Crippen LogP contribution in [0.1, 0.15) is 24.2 Å². The van der Waals surface area contributed by atoms with Gasteiger partial charge in [-0.15, -0.1) is 0 Å². The van der Waals surface area contributed by atoms with Crippen molar-refractivity contribution in [1.29, 1.82) is 0 Å². The van der Waals surface area contributed by atoms with Crippen molar-refractivity contribution in [3.63, 3.8) is 0 Å². The van der Waals surface area contributed by atoms with Gasteiger partial charge in [-0.25, -0.2) is 4.79 Å². The molecule has 1 unspecified atom stereocenters. The van der Waals surface area contributed by atoms with Crippen LogP contribution in [0.15, 0.2) is 18.2 Å². The summed E-state index contributed by atoms with van der Waals surface area (Å²) in [5, 5.41) is 0. The number of carbonyl (C=O) groups is 1. The molecule has 5 heteroatoms. The SMILES string of the molecule is CCOC(=O)c1cccc(N)c1N1CCSCC1C. The summed E-state index contributed by atoms with van der Waals surface area (Å²) >= 11 is 1.93. The lowest BCUT2D eigenvalue weighted by atomic mass is 10.1. The molecule has 0 radical (unpaired) electrons. The van der Waals surface area contributed by atoms with Gasteiger partial charge >= 0.3 is 5.97 Å². The number of para-hydroxylation sites is 1. The number of hydrogen-bond acceptors (Lipinski definition) is 5. The molecule has 1 aliphatic rings. The quantitative estimate of drug-likeness (QED) is 0.680. The van der Waals surface area contributed by atoms with Gasteiger partial charge in [-0.3, -0.25) is 0 Å². The summed E-state index contributed by atoms with van der Waals surface area (Å²) in [6, 6.07) is 5.80. The number of nitrogen functional groups attached to an aromatic ring is 1. The van der Waals surface area contributed by atoms with Crippen LogP contribution in [-0.4, -0.2) is 36.7 Å². The molecule has 1 heterocycles. The molecule has 0 aliphatic carbocycles. The van der Waals surface area contributed by atoms with Crippen molar-refractivity contribution in [3.8, 4) is 0 Å². The summed E-state index contributed by atoms with van der Waals surface area (Å²) in [6.07, 6.45) is 0. The maximum atomic E-state index is 12.1. The van der Waals surface area contributed by atoms with Gasteiger partial charge < -0.3 is 15.4 Å². The zero-order chi connectivity index (χ0) is 13.8. The van der Waals surface area contributed by atoms with Gasteiger partial charge in [0.15, 0.2) is 0 Å². The number of benzene rings is 1. The van der Waals surface area contributed by atoms with Gasteiger partial charge in [0.05, 0.1) is 23.5 Å². The van der Waals surface area contributed by atoms with E-state index in [4.69, 9.17) is 10.5 Å². The fourth-order valence-corrected chi connectivity index (χ4v) is 3.33. The first-order chi connectivity index (χ1) is 9.15. The van der Waals surface area contributed by atoms with E-state index in [1.54, 1.807) is 12.1 Å². The second-order valence-corrected chi connectivity index (χ2v) is 5.73. The van der Waals surface area contributed by atoms with Crippen LogP contribution in [0.5, 0.6) is 0 Å². The van der Waals surface area contributed by atoms with Crippen molar-refractivity contribution in [2.24, 2.45) is 0 Å². The third-order valence-electron chi connectivity index (χ3n) is 3.22. The molecule has 0 saturated carbocycles. The Labute approximate surface area is 118 Å². The highest BCUT2D eigenvalue weighted by Crippen LogP contribution is 2.32. The highest BCUT2D eigenvalue weighted by molar-refractivity contribution is 7.99. The molecule has 19 heavy (non-hydrogen) atoms. The zero-order valence-electron chi connectivity index (χ0n) is 11.4. The lowest BCUT2D eigenvalue weighted by Crippen LogP contribution is -2.41. The highest BCUT2D eigenvalue weighted by Gasteiger charge is 2.25. The summed E-state index contributed by atoms with van der Waals surface area (Å²) in [6.45, 7) is 5.25. The minimum Gasteiger partial charge on any atom is -0.462 e. The predicted molar refractivity (Wildman–Crippen MR) is 80.9 cm³/mol. The summed E-state index contributed by atoms with van der Waals surface area (Å²) < 4.78 is 5.12. The Kier molecular flexibility index (Phi) is 4.58. The Hall–Kier alpha value is -1.36. The Morgan fingerprint density at radius 1 is 1.58 bits per heavy atom. The van der Waals surface area contributed by atoms with Crippen molar-refractivity contribution in [2.45, 2.75) is 19.9 Å². The molecular weight excluding hydrogens is 260 g/mol. The van der Waals surface area contributed by atoms with Crippen LogP contribution >= 0.6 is 11.8 Å². The van der Waals surface area contributed by atoms with Crippen LogP contribution in [0.25, 0.3) is 0 Å². The molecule has 0 bridgehead atoms. The van der Waals surface area contributed by atoms with Crippen LogP contribution < -0.4 is 10.6 Å². The molecule has 1 aliphatic heterocycles. The lowest BCUT2D eigenvalue weighted by molar-refractivity contribution is 0.0527. The largest absolute Gasteiger partial charge is 0.462 e. The maximum absolute atomic E-state index is 12.1. The maximum Gasteiger partial charge on any atom is 0.340 e. The summed E-state index contributed by atoms with van der Waals surface area (Å²) in [5.74, 6) is 1.81. The molecule has 0 amide bonds. The number of nitrogens with two attached hydrogens (primary N) is 1. The minimum absolute atomic E-state index is 0.296. The molecule has 1 aromatic carbocycles. The summed E-state index contributed by atoms with van der Waals surface area (Å²) in [7, 11) is 0. The standard InChI is InChI=1S/C14H20N2O2S/c1-3-18-14(17)11-5-4-6-12(15)13(11)16-7-8-19-9-10(16)2/h4-6,10H,3,7-9,15H2,1-2H3. The minimum atomic E-state index is -0.296. The Balaban J connectivity index is 2.39. The van der Waals surface area contributed by atoms with Crippen LogP contribution in [-0.2, 0) is 4.74 Å². The number of carbonyl (C=O) groups excluding carboxylic acids is 1. The second-order valence-electron chi connectivity index (χ2n) is 4.58. The van der Waals surface area contributed by atoms with E-state index in [2.05, 4.69) is 11.8 Å². The van der Waals surface area contributed by atoms with Crippen molar-refractivity contribution in [1.82, 2.24) is 0 Å². The van der Waals surface area contributed by atoms with Gasteiger partial charge in [0.2, 0.25) is 0 Å². The van der Waals surface area contributed by atoms with E-state index in [1.807, 2.05) is 24.8 Å². The van der Waals surface area contributed by atoms with Crippen LogP contribution in [0.2, 0.25) is 0 Å². The predicted octanol–water partition coefficient (Wildman–Crippen LogP) is 2.39. The van der Waals surface area contributed by atoms with Gasteiger partial charge in [0.25, 0.3) is 0 Å². The Morgan fingerprint density at radius 2 is 2.37 bits per heavy atom. The highest BCUT2D eigenvalue weighted by atomic mass is 32.2. The molecule has 104 valence electrons. The van der Waals surface area contributed by atoms with Crippen LogP contribution in [0.3, 0.4) is 0 Å². The van der Waals surface area contributed by atoms with E-state index in [0.717, 1.165) is 23.7 Å². The normalized spacial score (nSPS) is 19.3. The van der Waals surface area contributed by atoms with E-state index in [1.165, 1.54) is 0 Å². The van der Waals surface area contributed by atoms with Gasteiger partial charge in [0.1, 0.15) is 0 Å². The molecule has 1 saturated heterocycles. The van der Waals surface area contributed by atoms with E-state index >= 15 is 0 Å². The number of ether oxygens (including phenoxy) is 1. The van der Waals surface area contributed by atoms with Gasteiger partial charge in [-0.05, 0) is 26.0 Å². The third-order valence-corrected chi connectivity index (χ3v) is 4.41. The number of nitrogens with zero attached hydrogens (tertiary/aromatic N) is 1. The van der Waals surface area contributed by atoms with E-state index in [-0.39, 0.29) is 5.97 Å². The number of anilines is 2.